The number of nitrogens with two attached hydrogens (primary N) is 1. The third-order valence-corrected chi connectivity index (χ3v) is 39.7. The lowest BCUT2D eigenvalue weighted by Gasteiger charge is -2.40. The molecule has 0 aromatic carbocycles. The molecule has 0 saturated carbocycles. The van der Waals surface area contributed by atoms with E-state index < -0.39 is 41.8 Å². The van der Waals surface area contributed by atoms with Gasteiger partial charge in [-0.15, -0.1) is 19.5 Å². The Morgan fingerprint density at radius 3 is 1.04 bits per heavy atom. The Labute approximate surface area is 638 Å². The Morgan fingerprint density at radius 2 is 0.762 bits per heavy atom. The lowest BCUT2D eigenvalue weighted by atomic mass is 9.99. The van der Waals surface area contributed by atoms with Gasteiger partial charge in [0.25, 0.3) is 14.5 Å². The van der Waals surface area contributed by atoms with E-state index in [1.54, 1.807) is 0 Å². The molecule has 19 nitrogen and oxygen atoms in total. The van der Waals surface area contributed by atoms with Crippen LogP contribution in [0.25, 0.3) is 9.69 Å². The molecule has 101 heavy (non-hydrogen) atoms. The summed E-state index contributed by atoms with van der Waals surface area (Å²) in [5.74, 6) is 1.01. The van der Waals surface area contributed by atoms with E-state index in [1.165, 1.54) is 6.38 Å². The second-order valence-corrected chi connectivity index (χ2v) is 56.1. The van der Waals surface area contributed by atoms with Gasteiger partial charge in [-0.05, 0) is 154 Å². The molecular formula is C75H171ClN4O15P2Si4. The number of alkyl halides is 1. The van der Waals surface area contributed by atoms with Crippen LogP contribution in [0, 0.1) is 30.9 Å². The fourth-order valence-electron chi connectivity index (χ4n) is 9.79. The molecule has 4 saturated heterocycles. The molecule has 0 bridgehead atoms. The summed E-state index contributed by atoms with van der Waals surface area (Å²) >= 11 is 4.64. The molecule has 0 aromatic rings. The minimum absolute atomic E-state index is 0. The first-order valence-electron chi connectivity index (χ1n) is 34.4. The van der Waals surface area contributed by atoms with Crippen LogP contribution in [0.1, 0.15) is 204 Å². The predicted molar refractivity (Wildman–Crippen MR) is 451 cm³/mol. The quantitative estimate of drug-likeness (QED) is 0.0193. The molecule has 0 aromatic heterocycles. The van der Waals surface area contributed by atoms with E-state index in [4.69, 9.17) is 74.1 Å². The smallest absolute Gasteiger partial charge is 0.271 e. The van der Waals surface area contributed by atoms with Crippen LogP contribution in [-0.4, -0.2) is 224 Å². The zero-order chi connectivity index (χ0) is 74.3. The maximum absolute atomic E-state index is 9.26. The number of aliphatic hydroxyl groups is 2. The number of hydrogen-bond acceptors (Lipinski definition) is 16. The van der Waals surface area contributed by atoms with Crippen LogP contribution in [0.5, 0.6) is 0 Å². The highest BCUT2D eigenvalue weighted by Gasteiger charge is 2.51. The summed E-state index contributed by atoms with van der Waals surface area (Å²) in [4.78, 5) is 6.63. The van der Waals surface area contributed by atoms with Gasteiger partial charge >= 0.3 is 0 Å². The Hall–Kier alpha value is -0.262. The minimum atomic E-state index is -1.88. The third-order valence-electron chi connectivity index (χ3n) is 19.7. The van der Waals surface area contributed by atoms with Gasteiger partial charge < -0.3 is 86.3 Å². The molecule has 0 aliphatic carbocycles. The van der Waals surface area contributed by atoms with Gasteiger partial charge in [0.1, 0.15) is 13.2 Å². The number of rotatable bonds is 25. The zero-order valence-corrected chi connectivity index (χ0v) is 73.3. The highest BCUT2D eigenvalue weighted by Crippen LogP contribution is 2.49. The van der Waals surface area contributed by atoms with E-state index in [2.05, 4.69) is 250 Å². The summed E-state index contributed by atoms with van der Waals surface area (Å²) < 4.78 is 75.1. The molecule has 0 amide bonds. The second-order valence-electron chi connectivity index (χ2n) is 33.0. The normalized spacial score (nSPS) is 26.7. The largest absolute Gasteiger partial charge is 0.463 e. The van der Waals surface area contributed by atoms with E-state index in [0.717, 1.165) is 0 Å². The van der Waals surface area contributed by atoms with Crippen LogP contribution in [0.2, 0.25) is 72.5 Å². The van der Waals surface area contributed by atoms with Crippen LogP contribution < -0.4 is 5.73 Å². The SMILES string of the molecule is C.C.C.C.C.C.CCl.CP(C)C.C[C@@H]1O[C@H](CO)[C@H](C)C1O[Si](C)(C)C(C)(C)C.C[C@@H]1O[C@H](CO)[C@H](N)C1O[Si](C)(C)C(C)(C)C.O.[C-]#[N+]CCOC(=C)OC[C@H]1O[C@@H](C)C(O[Si](C)(C)C(C)(C)C)[C@H]1C.[C-]#[N+]CCOP(OC[C@H]1O[C@@H](C)C(O[Si](C)(C)C(C)(C)C)[C@H]1C)N(C(C)C)C(C)C. The Bertz CT molecular complexity index is 2130. The van der Waals surface area contributed by atoms with Crippen LogP contribution >= 0.6 is 28.0 Å². The molecule has 5 unspecified atom stereocenters. The molecule has 4 heterocycles. The predicted octanol–water partition coefficient (Wildman–Crippen LogP) is 19.8. The number of hydrogen-bond donors (Lipinski definition) is 3. The van der Waals surface area contributed by atoms with Crippen LogP contribution in [-0.2, 0) is 55.2 Å². The summed E-state index contributed by atoms with van der Waals surface area (Å²) in [5, 5.41) is 19.2. The molecule has 614 valence electrons. The van der Waals surface area contributed by atoms with Crippen LogP contribution in [0.15, 0.2) is 12.5 Å². The van der Waals surface area contributed by atoms with Gasteiger partial charge in [0.05, 0.1) is 99.1 Å². The lowest BCUT2D eigenvalue weighted by Crippen LogP contribution is -2.51. The molecule has 4 fully saturated rings. The first-order chi connectivity index (χ1) is 42.6. The fraction of sp³-hybridized carbons (Fsp3) is 0.947. The Kier molecular flexibility index (Phi) is 62.2. The highest BCUT2D eigenvalue weighted by molar-refractivity contribution is 7.55. The Morgan fingerprint density at radius 1 is 0.495 bits per heavy atom. The number of aliphatic hydroxyl groups excluding tert-OH is 2. The van der Waals surface area contributed by atoms with Crippen molar-refractivity contribution in [2.75, 3.05) is 79.1 Å². The maximum Gasteiger partial charge on any atom is 0.271 e. The molecule has 6 N–H and O–H groups in total. The van der Waals surface area contributed by atoms with E-state index in [0.29, 0.717) is 59.5 Å². The summed E-state index contributed by atoms with van der Waals surface area (Å²) in [5.41, 5.74) is 6.09. The van der Waals surface area contributed by atoms with Crippen molar-refractivity contribution in [3.05, 3.63) is 35.4 Å². The van der Waals surface area contributed by atoms with Gasteiger partial charge in [0.15, 0.2) is 39.9 Å². The first kappa shape index (κ1) is 119. The second kappa shape index (κ2) is 52.8. The molecule has 0 spiro atoms. The van der Waals surface area contributed by atoms with Crippen molar-refractivity contribution < 1.29 is 70.9 Å². The molecule has 4 rings (SSSR count). The molecule has 26 heteroatoms. The van der Waals surface area contributed by atoms with E-state index in [9.17, 15) is 10.2 Å². The van der Waals surface area contributed by atoms with E-state index >= 15 is 0 Å². The molecule has 0 radical (unpaired) electrons. The first-order valence-corrected chi connectivity index (χ1v) is 50.6. The van der Waals surface area contributed by atoms with Crippen LogP contribution in [0.3, 0.4) is 0 Å². The van der Waals surface area contributed by atoms with Gasteiger partial charge in [0.2, 0.25) is 13.1 Å². The van der Waals surface area contributed by atoms with Crippen molar-refractivity contribution in [2.45, 2.75) is 368 Å². The Balaban J connectivity index is -0.000000155. The standard InChI is InChI=1S/C22H45N2O4PSi.C18H33NO4Si.C13H28O3Si.C12H27NO3Si.C3H9P.CH3Cl.6CH4.H2O/c1-16(2)24(17(3)4)29(25-14-13-23-10)26-15-20-18(5)21(19(6)27-20)28-30(11,12)22(7,8)9;1-13-16(12-21-15(3)20-11-10-19-7)22-14(2)17(13)23-24(8,9)18(4,5)6;1-9-11(8-14)15-10(2)12(9)16-17(6,7)13(3,4)5;1-8-11(10(13)9(7-14)15-8)16-17(5,6)12(2,3)4;1-4(2)3;1-2;;;;;;;/h16-21H,13-15H2,1-9,11-12H3;13-14,16-17H,3,10-12H2,1-2,4-6,8-9H3;9-12,14H,8H2,1-7H3;8-11,14H,7,13H2,1-6H3;1-3H3;1H3;6*1H4;1H2/t18-,19-,20+,21?,29?;13-,14-,16+,17?;9-,10-,11+,12?;8-,9+,10-,11?;;;;;;;;;/m0000........./s1. The molecule has 4 aliphatic rings. The summed E-state index contributed by atoms with van der Waals surface area (Å²) in [6.07, 6.45) is 1.34. The third kappa shape index (κ3) is 39.3. The zero-order valence-electron chi connectivity index (χ0n) is 66.7. The average Bonchev–Trinajstić information content (AvgIpc) is 1.72. The maximum atomic E-state index is 9.26. The van der Waals surface area contributed by atoms with E-state index in [1.807, 2.05) is 13.8 Å². The topological polar surface area (TPSA) is 221 Å². The van der Waals surface area contributed by atoms with Gasteiger partial charge in [-0.2, -0.15) is 0 Å². The van der Waals surface area contributed by atoms with Crippen LogP contribution in [0.4, 0.5) is 0 Å². The lowest BCUT2D eigenvalue weighted by molar-refractivity contribution is -0.0386. The van der Waals surface area contributed by atoms with Gasteiger partial charge in [0, 0.05) is 36.2 Å². The fourth-order valence-corrected chi connectivity index (χ4v) is 17.1. The van der Waals surface area contributed by atoms with Crippen molar-refractivity contribution in [1.29, 1.82) is 0 Å². The molecule has 17 atom stereocenters. The average molecular weight is 1580 g/mol. The summed E-state index contributed by atoms with van der Waals surface area (Å²) in [6, 6.07) is 0.350. The van der Waals surface area contributed by atoms with Crippen molar-refractivity contribution in [3.63, 3.8) is 0 Å². The van der Waals surface area contributed by atoms with E-state index in [-0.39, 0.29) is 186 Å². The van der Waals surface area contributed by atoms with Gasteiger partial charge in [-0.1, -0.05) is 148 Å². The number of halogens is 1. The highest BCUT2D eigenvalue weighted by atomic mass is 35.5. The van der Waals surface area contributed by atoms with Crippen molar-refractivity contribution in [3.8, 4) is 0 Å². The molecular weight excluding hydrogens is 1410 g/mol. The summed E-state index contributed by atoms with van der Waals surface area (Å²) in [6.45, 7) is 94.6. The van der Waals surface area contributed by atoms with Crippen molar-refractivity contribution in [1.82, 2.24) is 4.67 Å². The number of nitrogens with zero attached hydrogens (tertiary/aromatic N) is 3. The van der Waals surface area contributed by atoms with Gasteiger partial charge in [-0.25, -0.2) is 17.8 Å². The summed E-state index contributed by atoms with van der Waals surface area (Å²) in [7, 11) is -8.18. The monoisotopic (exact) mass is 1580 g/mol. The molecule has 4 aliphatic heterocycles. The minimum Gasteiger partial charge on any atom is -0.463 e. The van der Waals surface area contributed by atoms with Gasteiger partial charge in [-0.3, -0.25) is 0 Å². The van der Waals surface area contributed by atoms with Crippen molar-refractivity contribution in [2.24, 2.45) is 23.5 Å². The number of ether oxygens (including phenoxy) is 6. The van der Waals surface area contributed by atoms with Crippen molar-refractivity contribution >= 4 is 61.3 Å².